The lowest BCUT2D eigenvalue weighted by Gasteiger charge is -2.29. The predicted octanol–water partition coefficient (Wildman–Crippen LogP) is 1.69. The summed E-state index contributed by atoms with van der Waals surface area (Å²) in [5.41, 5.74) is 7.45. The molecule has 16 heavy (non-hydrogen) atoms. The van der Waals surface area contributed by atoms with Crippen molar-refractivity contribution in [1.82, 2.24) is 5.32 Å². The van der Waals surface area contributed by atoms with Gasteiger partial charge in [-0.25, -0.2) is 0 Å². The van der Waals surface area contributed by atoms with Crippen LogP contribution in [0.1, 0.15) is 24.4 Å². The average molecular weight is 220 g/mol. The molecule has 1 aliphatic heterocycles. The number of para-hydroxylation sites is 1. The Labute approximate surface area is 97.0 Å². The zero-order valence-electron chi connectivity index (χ0n) is 9.78. The Balaban J connectivity index is 2.15. The third-order valence-electron chi connectivity index (χ3n) is 3.34. The molecule has 88 valence electrons. The summed E-state index contributed by atoms with van der Waals surface area (Å²) in [6, 6.07) is 8.12. The highest BCUT2D eigenvalue weighted by molar-refractivity contribution is 5.36. The van der Waals surface area contributed by atoms with Crippen LogP contribution < -0.4 is 15.8 Å². The third-order valence-corrected chi connectivity index (χ3v) is 3.34. The number of nitrogens with two attached hydrogens (primary N) is 1. The van der Waals surface area contributed by atoms with Crippen molar-refractivity contribution in [3.63, 3.8) is 0 Å². The van der Waals surface area contributed by atoms with Gasteiger partial charge < -0.3 is 15.8 Å². The molecule has 2 unspecified atom stereocenters. The molecule has 0 radical (unpaired) electrons. The molecule has 0 aromatic heterocycles. The molecule has 1 aromatic rings. The molecule has 1 saturated heterocycles. The Morgan fingerprint density at radius 2 is 2.25 bits per heavy atom. The Bertz CT molecular complexity index is 334. The summed E-state index contributed by atoms with van der Waals surface area (Å²) >= 11 is 0. The van der Waals surface area contributed by atoms with E-state index in [1.54, 1.807) is 7.11 Å². The highest BCUT2D eigenvalue weighted by Crippen LogP contribution is 2.30. The normalized spacial score (nSPS) is 22.8. The van der Waals surface area contributed by atoms with E-state index in [0.717, 1.165) is 24.4 Å². The van der Waals surface area contributed by atoms with Crippen LogP contribution in [0.2, 0.25) is 0 Å². The quantitative estimate of drug-likeness (QED) is 0.815. The maximum absolute atomic E-state index is 6.33. The molecule has 1 aliphatic rings. The fourth-order valence-electron chi connectivity index (χ4n) is 2.38. The zero-order valence-corrected chi connectivity index (χ0v) is 9.78. The van der Waals surface area contributed by atoms with Gasteiger partial charge in [0.15, 0.2) is 0 Å². The smallest absolute Gasteiger partial charge is 0.123 e. The van der Waals surface area contributed by atoms with Gasteiger partial charge in [-0.15, -0.1) is 0 Å². The van der Waals surface area contributed by atoms with Crippen molar-refractivity contribution in [3.05, 3.63) is 29.8 Å². The van der Waals surface area contributed by atoms with Gasteiger partial charge in [0, 0.05) is 11.6 Å². The maximum Gasteiger partial charge on any atom is 0.123 e. The minimum Gasteiger partial charge on any atom is -0.496 e. The second-order valence-corrected chi connectivity index (χ2v) is 4.37. The van der Waals surface area contributed by atoms with E-state index in [9.17, 15) is 0 Å². The van der Waals surface area contributed by atoms with Gasteiger partial charge in [0.25, 0.3) is 0 Å². The first-order chi connectivity index (χ1) is 7.83. The Kier molecular flexibility index (Phi) is 3.80. The summed E-state index contributed by atoms with van der Waals surface area (Å²) in [4.78, 5) is 0. The van der Waals surface area contributed by atoms with Crippen LogP contribution in [0, 0.1) is 5.92 Å². The van der Waals surface area contributed by atoms with Gasteiger partial charge >= 0.3 is 0 Å². The lowest BCUT2D eigenvalue weighted by Crippen LogP contribution is -2.36. The largest absolute Gasteiger partial charge is 0.496 e. The first-order valence-corrected chi connectivity index (χ1v) is 5.92. The summed E-state index contributed by atoms with van der Waals surface area (Å²) in [6.07, 6.45) is 2.42. The molecule has 0 amide bonds. The van der Waals surface area contributed by atoms with Gasteiger partial charge in [-0.1, -0.05) is 18.2 Å². The van der Waals surface area contributed by atoms with Crippen LogP contribution in [0.15, 0.2) is 24.3 Å². The SMILES string of the molecule is COc1ccccc1C(N)C1CCCNC1. The number of piperidine rings is 1. The number of hydrogen-bond donors (Lipinski definition) is 2. The van der Waals surface area contributed by atoms with E-state index in [1.807, 2.05) is 18.2 Å². The Hall–Kier alpha value is -1.06. The molecule has 3 N–H and O–H groups in total. The lowest BCUT2D eigenvalue weighted by atomic mass is 9.87. The molecule has 2 rings (SSSR count). The minimum atomic E-state index is 0.0731. The van der Waals surface area contributed by atoms with Crippen LogP contribution in [0.3, 0.4) is 0 Å². The highest BCUT2D eigenvalue weighted by Gasteiger charge is 2.23. The van der Waals surface area contributed by atoms with Crippen LogP contribution >= 0.6 is 0 Å². The van der Waals surface area contributed by atoms with Crippen molar-refractivity contribution in [3.8, 4) is 5.75 Å². The van der Waals surface area contributed by atoms with E-state index in [-0.39, 0.29) is 6.04 Å². The molecule has 3 nitrogen and oxygen atoms in total. The maximum atomic E-state index is 6.33. The topological polar surface area (TPSA) is 47.3 Å². The van der Waals surface area contributed by atoms with Crippen molar-refractivity contribution >= 4 is 0 Å². The number of hydrogen-bond acceptors (Lipinski definition) is 3. The number of ether oxygens (including phenoxy) is 1. The van der Waals surface area contributed by atoms with Crippen molar-refractivity contribution in [2.24, 2.45) is 11.7 Å². The molecule has 1 heterocycles. The first kappa shape index (κ1) is 11.4. The molecule has 0 spiro atoms. The standard InChI is InChI=1S/C13H20N2O/c1-16-12-7-3-2-6-11(12)13(14)10-5-4-8-15-9-10/h2-3,6-7,10,13,15H,4-5,8-9,14H2,1H3. The van der Waals surface area contributed by atoms with Crippen molar-refractivity contribution in [2.75, 3.05) is 20.2 Å². The van der Waals surface area contributed by atoms with Crippen LogP contribution in [0.4, 0.5) is 0 Å². The Morgan fingerprint density at radius 3 is 2.94 bits per heavy atom. The number of rotatable bonds is 3. The van der Waals surface area contributed by atoms with Crippen LogP contribution in [0.25, 0.3) is 0 Å². The van der Waals surface area contributed by atoms with Gasteiger partial charge in [-0.3, -0.25) is 0 Å². The van der Waals surface area contributed by atoms with Crippen LogP contribution in [-0.2, 0) is 0 Å². The van der Waals surface area contributed by atoms with Gasteiger partial charge in [-0.05, 0) is 37.9 Å². The van der Waals surface area contributed by atoms with E-state index >= 15 is 0 Å². The molecular formula is C13H20N2O. The van der Waals surface area contributed by atoms with Gasteiger partial charge in [-0.2, -0.15) is 0 Å². The molecule has 0 saturated carbocycles. The Morgan fingerprint density at radius 1 is 1.44 bits per heavy atom. The fraction of sp³-hybridized carbons (Fsp3) is 0.538. The lowest BCUT2D eigenvalue weighted by molar-refractivity contribution is 0.317. The molecule has 0 bridgehead atoms. The molecule has 0 aliphatic carbocycles. The predicted molar refractivity (Wildman–Crippen MR) is 65.5 cm³/mol. The summed E-state index contributed by atoms with van der Waals surface area (Å²) in [5.74, 6) is 1.42. The molecular weight excluding hydrogens is 200 g/mol. The minimum absolute atomic E-state index is 0.0731. The summed E-state index contributed by atoms with van der Waals surface area (Å²) < 4.78 is 5.36. The average Bonchev–Trinajstić information content (AvgIpc) is 2.39. The third kappa shape index (κ3) is 2.36. The molecule has 3 heteroatoms. The van der Waals surface area contributed by atoms with E-state index in [4.69, 9.17) is 10.5 Å². The van der Waals surface area contributed by atoms with Gasteiger partial charge in [0.1, 0.15) is 5.75 Å². The monoisotopic (exact) mass is 220 g/mol. The number of benzene rings is 1. The van der Waals surface area contributed by atoms with E-state index in [2.05, 4.69) is 11.4 Å². The first-order valence-electron chi connectivity index (χ1n) is 5.92. The zero-order chi connectivity index (χ0) is 11.4. The van der Waals surface area contributed by atoms with Crippen LogP contribution in [-0.4, -0.2) is 20.2 Å². The molecule has 1 fully saturated rings. The number of methoxy groups -OCH3 is 1. The van der Waals surface area contributed by atoms with Crippen LogP contribution in [0.5, 0.6) is 5.75 Å². The van der Waals surface area contributed by atoms with E-state index < -0.39 is 0 Å². The fourth-order valence-corrected chi connectivity index (χ4v) is 2.38. The highest BCUT2D eigenvalue weighted by atomic mass is 16.5. The molecule has 1 aromatic carbocycles. The van der Waals surface area contributed by atoms with Crippen molar-refractivity contribution in [2.45, 2.75) is 18.9 Å². The summed E-state index contributed by atoms with van der Waals surface area (Å²) in [7, 11) is 1.70. The second kappa shape index (κ2) is 5.32. The van der Waals surface area contributed by atoms with E-state index in [0.29, 0.717) is 5.92 Å². The number of nitrogens with one attached hydrogen (secondary N) is 1. The van der Waals surface area contributed by atoms with Gasteiger partial charge in [0.05, 0.1) is 7.11 Å². The van der Waals surface area contributed by atoms with Gasteiger partial charge in [0.2, 0.25) is 0 Å². The van der Waals surface area contributed by atoms with E-state index in [1.165, 1.54) is 12.8 Å². The summed E-state index contributed by atoms with van der Waals surface area (Å²) in [5, 5.41) is 3.40. The van der Waals surface area contributed by atoms with Crippen molar-refractivity contribution < 1.29 is 4.74 Å². The molecule has 2 atom stereocenters. The summed E-state index contributed by atoms with van der Waals surface area (Å²) in [6.45, 7) is 2.13. The van der Waals surface area contributed by atoms with Crippen molar-refractivity contribution in [1.29, 1.82) is 0 Å². The second-order valence-electron chi connectivity index (χ2n) is 4.37.